The number of hydrogen-bond donors (Lipinski definition) is 2. The summed E-state index contributed by atoms with van der Waals surface area (Å²) in [7, 11) is 0. The molecule has 3 heteroatoms. The summed E-state index contributed by atoms with van der Waals surface area (Å²) < 4.78 is 0. The molecule has 0 fully saturated rings. The second-order valence-electron chi connectivity index (χ2n) is 4.91. The van der Waals surface area contributed by atoms with Crippen molar-refractivity contribution in [2.75, 3.05) is 11.9 Å². The Morgan fingerprint density at radius 2 is 1.89 bits per heavy atom. The number of anilines is 1. The van der Waals surface area contributed by atoms with E-state index in [1.54, 1.807) is 6.20 Å². The van der Waals surface area contributed by atoms with E-state index in [1.807, 2.05) is 24.3 Å². The third-order valence-electron chi connectivity index (χ3n) is 3.75. The van der Waals surface area contributed by atoms with E-state index >= 15 is 0 Å². The summed E-state index contributed by atoms with van der Waals surface area (Å²) in [6.45, 7) is 4.79. The topological polar surface area (TPSA) is 45.1 Å². The van der Waals surface area contributed by atoms with Crippen LogP contribution in [0.5, 0.6) is 0 Å². The fourth-order valence-corrected chi connectivity index (χ4v) is 2.46. The molecule has 0 saturated heterocycles. The smallest absolute Gasteiger partial charge is 0.133 e. The predicted octanol–water partition coefficient (Wildman–Crippen LogP) is 3.44. The first kappa shape index (κ1) is 13.8. The van der Waals surface area contributed by atoms with Crippen LogP contribution in [0.4, 0.5) is 5.82 Å². The van der Waals surface area contributed by atoms with E-state index in [2.05, 4.69) is 30.2 Å². The van der Waals surface area contributed by atoms with E-state index in [0.717, 1.165) is 29.4 Å². The van der Waals surface area contributed by atoms with Crippen molar-refractivity contribution < 1.29 is 5.11 Å². The Hall–Kier alpha value is -1.61. The van der Waals surface area contributed by atoms with Crippen LogP contribution in [-0.2, 0) is 0 Å². The number of aliphatic hydroxyl groups excluding tert-OH is 1. The van der Waals surface area contributed by atoms with E-state index in [-0.39, 0.29) is 6.10 Å². The van der Waals surface area contributed by atoms with E-state index < -0.39 is 0 Å². The maximum atomic E-state index is 10.2. The molecule has 1 aromatic heterocycles. The minimum Gasteiger partial charge on any atom is -0.391 e. The van der Waals surface area contributed by atoms with Gasteiger partial charge in [-0.15, -0.1) is 0 Å². The van der Waals surface area contributed by atoms with Gasteiger partial charge in [0.2, 0.25) is 0 Å². The fraction of sp³-hybridized carbons (Fsp3) is 0.438. The second kappa shape index (κ2) is 6.53. The molecule has 0 aliphatic heterocycles. The summed E-state index contributed by atoms with van der Waals surface area (Å²) in [6.07, 6.45) is 3.48. The van der Waals surface area contributed by atoms with Crippen LogP contribution in [-0.4, -0.2) is 22.7 Å². The zero-order valence-electron chi connectivity index (χ0n) is 11.6. The molecule has 3 nitrogen and oxygen atoms in total. The highest BCUT2D eigenvalue weighted by Crippen LogP contribution is 2.21. The minimum absolute atomic E-state index is 0.323. The Morgan fingerprint density at radius 1 is 1.16 bits per heavy atom. The molecule has 0 aliphatic rings. The third kappa shape index (κ3) is 3.24. The lowest BCUT2D eigenvalue weighted by molar-refractivity contribution is 0.114. The van der Waals surface area contributed by atoms with Gasteiger partial charge in [-0.25, -0.2) is 4.98 Å². The normalized spacial score (nSPS) is 12.8. The number of nitrogens with one attached hydrogen (secondary N) is 1. The molecule has 0 saturated carbocycles. The maximum absolute atomic E-state index is 10.2. The van der Waals surface area contributed by atoms with Crippen molar-refractivity contribution in [3.63, 3.8) is 0 Å². The molecule has 2 rings (SSSR count). The number of nitrogens with zero attached hydrogens (tertiary/aromatic N) is 1. The summed E-state index contributed by atoms with van der Waals surface area (Å²) in [5.41, 5.74) is 0. The van der Waals surface area contributed by atoms with Gasteiger partial charge in [0, 0.05) is 18.1 Å². The van der Waals surface area contributed by atoms with Crippen molar-refractivity contribution in [3.8, 4) is 0 Å². The van der Waals surface area contributed by atoms with Crippen LogP contribution < -0.4 is 5.32 Å². The fourth-order valence-electron chi connectivity index (χ4n) is 2.46. The number of benzene rings is 1. The van der Waals surface area contributed by atoms with Gasteiger partial charge >= 0.3 is 0 Å². The molecule has 0 radical (unpaired) electrons. The summed E-state index contributed by atoms with van der Waals surface area (Å²) in [5, 5.41) is 15.7. The first-order valence-corrected chi connectivity index (χ1v) is 7.02. The lowest BCUT2D eigenvalue weighted by Crippen LogP contribution is -2.28. The quantitative estimate of drug-likeness (QED) is 0.834. The predicted molar refractivity (Wildman–Crippen MR) is 80.3 cm³/mol. The Balaban J connectivity index is 2.09. The highest BCUT2D eigenvalue weighted by molar-refractivity contribution is 5.91. The Morgan fingerprint density at radius 3 is 2.63 bits per heavy atom. The Labute approximate surface area is 114 Å². The largest absolute Gasteiger partial charge is 0.391 e. The third-order valence-corrected chi connectivity index (χ3v) is 3.75. The van der Waals surface area contributed by atoms with Crippen molar-refractivity contribution >= 4 is 16.6 Å². The van der Waals surface area contributed by atoms with Crippen molar-refractivity contribution in [3.05, 3.63) is 36.5 Å². The average Bonchev–Trinajstić information content (AvgIpc) is 2.46. The number of fused-ring (bicyclic) bond motifs is 1. The van der Waals surface area contributed by atoms with Crippen molar-refractivity contribution in [1.29, 1.82) is 0 Å². The summed E-state index contributed by atoms with van der Waals surface area (Å²) in [4.78, 5) is 4.37. The highest BCUT2D eigenvalue weighted by Gasteiger charge is 2.15. The van der Waals surface area contributed by atoms with E-state index in [9.17, 15) is 5.11 Å². The molecule has 2 N–H and O–H groups in total. The summed E-state index contributed by atoms with van der Waals surface area (Å²) >= 11 is 0. The van der Waals surface area contributed by atoms with Crippen LogP contribution in [0.1, 0.15) is 26.7 Å². The van der Waals surface area contributed by atoms with Crippen molar-refractivity contribution in [1.82, 2.24) is 4.98 Å². The minimum atomic E-state index is -0.323. The van der Waals surface area contributed by atoms with E-state index in [1.165, 1.54) is 0 Å². The molecule has 0 aliphatic carbocycles. The molecule has 1 atom stereocenters. The van der Waals surface area contributed by atoms with Gasteiger partial charge in [0.05, 0.1) is 6.10 Å². The van der Waals surface area contributed by atoms with Gasteiger partial charge in [0.1, 0.15) is 5.82 Å². The molecule has 0 amide bonds. The highest BCUT2D eigenvalue weighted by atomic mass is 16.3. The van der Waals surface area contributed by atoms with Crippen LogP contribution in [0.2, 0.25) is 0 Å². The molecular weight excluding hydrogens is 236 g/mol. The number of pyridine rings is 1. The van der Waals surface area contributed by atoms with Crippen LogP contribution in [0.15, 0.2) is 36.5 Å². The molecule has 102 valence electrons. The first-order valence-electron chi connectivity index (χ1n) is 7.02. The number of aliphatic hydroxyl groups is 1. The van der Waals surface area contributed by atoms with Crippen LogP contribution in [0.25, 0.3) is 10.8 Å². The molecule has 1 aromatic carbocycles. The monoisotopic (exact) mass is 258 g/mol. The van der Waals surface area contributed by atoms with Crippen molar-refractivity contribution in [2.24, 2.45) is 5.92 Å². The zero-order valence-corrected chi connectivity index (χ0v) is 11.6. The second-order valence-corrected chi connectivity index (χ2v) is 4.91. The van der Waals surface area contributed by atoms with Crippen LogP contribution in [0.3, 0.4) is 0 Å². The van der Waals surface area contributed by atoms with E-state index in [4.69, 9.17) is 0 Å². The molecule has 1 unspecified atom stereocenters. The van der Waals surface area contributed by atoms with Crippen LogP contribution in [0, 0.1) is 5.92 Å². The number of rotatable bonds is 6. The standard InChI is InChI=1S/C16H22N2O/c1-3-12(4-2)15(19)11-18-16-14-8-6-5-7-13(14)9-10-17-16/h5-10,12,15,19H,3-4,11H2,1-2H3,(H,17,18). The summed E-state index contributed by atoms with van der Waals surface area (Å²) in [6, 6.07) is 10.1. The zero-order chi connectivity index (χ0) is 13.7. The molecule has 2 aromatic rings. The van der Waals surface area contributed by atoms with Gasteiger partial charge in [0.15, 0.2) is 0 Å². The summed E-state index contributed by atoms with van der Waals surface area (Å²) in [5.74, 6) is 1.20. The van der Waals surface area contributed by atoms with Crippen LogP contribution >= 0.6 is 0 Å². The molecular formula is C16H22N2O. The lowest BCUT2D eigenvalue weighted by atomic mass is 9.96. The number of aromatic nitrogens is 1. The maximum Gasteiger partial charge on any atom is 0.133 e. The lowest BCUT2D eigenvalue weighted by Gasteiger charge is -2.21. The SMILES string of the molecule is CCC(CC)C(O)CNc1nccc2ccccc12. The van der Waals surface area contributed by atoms with Gasteiger partial charge in [-0.3, -0.25) is 0 Å². The Kier molecular flexibility index (Phi) is 4.74. The van der Waals surface area contributed by atoms with Gasteiger partial charge in [-0.05, 0) is 17.4 Å². The van der Waals surface area contributed by atoms with E-state index in [0.29, 0.717) is 12.5 Å². The van der Waals surface area contributed by atoms with Crippen molar-refractivity contribution in [2.45, 2.75) is 32.8 Å². The van der Waals surface area contributed by atoms with Gasteiger partial charge < -0.3 is 10.4 Å². The number of hydrogen-bond acceptors (Lipinski definition) is 3. The first-order chi connectivity index (χ1) is 9.26. The molecule has 1 heterocycles. The average molecular weight is 258 g/mol. The molecule has 0 spiro atoms. The molecule has 19 heavy (non-hydrogen) atoms. The Bertz CT molecular complexity index is 518. The van der Waals surface area contributed by atoms with Gasteiger partial charge in [-0.1, -0.05) is 51.0 Å². The van der Waals surface area contributed by atoms with Gasteiger partial charge in [0.25, 0.3) is 0 Å². The van der Waals surface area contributed by atoms with Gasteiger partial charge in [-0.2, -0.15) is 0 Å². The molecule has 0 bridgehead atoms.